The first-order valence-electron chi connectivity index (χ1n) is 9.13. The van der Waals surface area contributed by atoms with Gasteiger partial charge >= 0.3 is 0 Å². The molecule has 3 amide bonds. The quantitative estimate of drug-likeness (QED) is 0.786. The summed E-state index contributed by atoms with van der Waals surface area (Å²) in [5, 5.41) is 22.4. The Hall–Kier alpha value is -2.90. The lowest BCUT2D eigenvalue weighted by Crippen LogP contribution is -2.61. The smallest absolute Gasteiger partial charge is 0.247 e. The third kappa shape index (κ3) is 3.46. The molecule has 0 radical (unpaired) electrons. The molecular formula is C20H19ClN4O3. The first kappa shape index (κ1) is 19.9. The lowest BCUT2D eigenvalue weighted by atomic mass is 9.57. The van der Waals surface area contributed by atoms with Gasteiger partial charge in [0, 0.05) is 16.1 Å². The van der Waals surface area contributed by atoms with E-state index in [1.165, 1.54) is 0 Å². The summed E-state index contributed by atoms with van der Waals surface area (Å²) in [4.78, 5) is 38.9. The van der Waals surface area contributed by atoms with Crippen molar-refractivity contribution < 1.29 is 14.4 Å². The monoisotopic (exact) mass is 398 g/mol. The first-order valence-corrected chi connectivity index (χ1v) is 9.50. The fraction of sp³-hybridized carbons (Fsp3) is 0.450. The zero-order valence-corrected chi connectivity index (χ0v) is 15.9. The Kier molecular flexibility index (Phi) is 5.67. The van der Waals surface area contributed by atoms with Gasteiger partial charge in [0.15, 0.2) is 0 Å². The molecule has 2 fully saturated rings. The van der Waals surface area contributed by atoms with Crippen molar-refractivity contribution in [3.8, 4) is 12.1 Å². The van der Waals surface area contributed by atoms with E-state index in [9.17, 15) is 24.9 Å². The van der Waals surface area contributed by atoms with Crippen LogP contribution < -0.4 is 5.32 Å². The van der Waals surface area contributed by atoms with E-state index in [0.29, 0.717) is 23.6 Å². The van der Waals surface area contributed by atoms with E-state index in [4.69, 9.17) is 11.6 Å². The molecule has 0 bridgehead atoms. The number of hydrogen-bond acceptors (Lipinski definition) is 5. The molecule has 1 saturated carbocycles. The van der Waals surface area contributed by atoms with Gasteiger partial charge in [0.1, 0.15) is 18.4 Å². The number of nitriles is 2. The van der Waals surface area contributed by atoms with Crippen molar-refractivity contribution in [2.75, 3.05) is 11.9 Å². The van der Waals surface area contributed by atoms with Gasteiger partial charge in [-0.3, -0.25) is 19.3 Å². The highest BCUT2D eigenvalue weighted by Crippen LogP contribution is 2.51. The average Bonchev–Trinajstić information content (AvgIpc) is 2.68. The molecule has 1 saturated heterocycles. The number of hydrogen-bond donors (Lipinski definition) is 1. The van der Waals surface area contributed by atoms with Gasteiger partial charge in [0.25, 0.3) is 0 Å². The second kappa shape index (κ2) is 8.00. The summed E-state index contributed by atoms with van der Waals surface area (Å²) in [6.45, 7) is -0.535. The van der Waals surface area contributed by atoms with E-state index in [2.05, 4.69) is 5.32 Å². The standard InChI is InChI=1S/C20H19ClN4O3/c21-13-4-6-14(7-5-13)24-17(26)12-25-18(27)15(10-22)20(8-2-1-3-9-20)16(11-23)19(25)28/h4-7,15-16H,1-3,8-9,12H2,(H,24,26). The van der Waals surface area contributed by atoms with Gasteiger partial charge in [0.05, 0.1) is 12.1 Å². The highest BCUT2D eigenvalue weighted by atomic mass is 35.5. The maximum atomic E-state index is 12.9. The number of nitrogens with zero attached hydrogens (tertiary/aromatic N) is 3. The molecule has 8 heteroatoms. The molecule has 1 spiro atoms. The number of piperidine rings is 1. The number of anilines is 1. The molecule has 3 rings (SSSR count). The summed E-state index contributed by atoms with van der Waals surface area (Å²) >= 11 is 5.81. The zero-order valence-electron chi connectivity index (χ0n) is 15.2. The summed E-state index contributed by atoms with van der Waals surface area (Å²) in [6.07, 6.45) is 3.48. The molecule has 7 nitrogen and oxygen atoms in total. The average molecular weight is 399 g/mol. The molecule has 1 aliphatic carbocycles. The largest absolute Gasteiger partial charge is 0.325 e. The van der Waals surface area contributed by atoms with Crippen molar-refractivity contribution in [1.29, 1.82) is 10.5 Å². The van der Waals surface area contributed by atoms with Crippen LogP contribution in [0.15, 0.2) is 24.3 Å². The molecular weight excluding hydrogens is 380 g/mol. The Morgan fingerprint density at radius 2 is 1.61 bits per heavy atom. The van der Waals surface area contributed by atoms with Crippen molar-refractivity contribution >= 4 is 35.0 Å². The second-order valence-corrected chi connectivity index (χ2v) is 7.67. The highest BCUT2D eigenvalue weighted by Gasteiger charge is 2.59. The Morgan fingerprint density at radius 3 is 2.11 bits per heavy atom. The Balaban J connectivity index is 1.82. The number of carbonyl (C=O) groups excluding carboxylic acids is 3. The minimum atomic E-state index is -1.10. The van der Waals surface area contributed by atoms with Crippen molar-refractivity contribution in [2.45, 2.75) is 32.1 Å². The SMILES string of the molecule is N#CC1C(=O)N(CC(=O)Nc2ccc(Cl)cc2)C(=O)C(C#N)C12CCCCC2. The van der Waals surface area contributed by atoms with Crippen molar-refractivity contribution in [2.24, 2.45) is 17.3 Å². The molecule has 2 aliphatic rings. The topological polar surface area (TPSA) is 114 Å². The van der Waals surface area contributed by atoms with E-state index in [-0.39, 0.29) is 0 Å². The van der Waals surface area contributed by atoms with Gasteiger partial charge in [0.2, 0.25) is 17.7 Å². The van der Waals surface area contributed by atoms with Gasteiger partial charge in [-0.15, -0.1) is 0 Å². The van der Waals surface area contributed by atoms with Crippen LogP contribution in [-0.4, -0.2) is 29.2 Å². The van der Waals surface area contributed by atoms with Crippen LogP contribution in [-0.2, 0) is 14.4 Å². The molecule has 1 N–H and O–H groups in total. The predicted octanol–water partition coefficient (Wildman–Crippen LogP) is 2.88. The van der Waals surface area contributed by atoms with Crippen LogP contribution in [0.25, 0.3) is 0 Å². The van der Waals surface area contributed by atoms with E-state index in [1.54, 1.807) is 24.3 Å². The highest BCUT2D eigenvalue weighted by molar-refractivity contribution is 6.30. The lowest BCUT2D eigenvalue weighted by molar-refractivity contribution is -0.164. The number of carbonyl (C=O) groups is 3. The van der Waals surface area contributed by atoms with E-state index in [1.807, 2.05) is 12.1 Å². The molecule has 28 heavy (non-hydrogen) atoms. The number of nitrogens with one attached hydrogen (secondary N) is 1. The van der Waals surface area contributed by atoms with Crippen molar-refractivity contribution in [3.05, 3.63) is 29.3 Å². The molecule has 144 valence electrons. The van der Waals surface area contributed by atoms with E-state index in [0.717, 1.165) is 24.2 Å². The van der Waals surface area contributed by atoms with Gasteiger partial charge in [-0.25, -0.2) is 0 Å². The normalized spacial score (nSPS) is 23.8. The van der Waals surface area contributed by atoms with E-state index < -0.39 is 41.5 Å². The van der Waals surface area contributed by atoms with Gasteiger partial charge < -0.3 is 5.32 Å². The number of halogens is 1. The van der Waals surface area contributed by atoms with Crippen LogP contribution in [0.3, 0.4) is 0 Å². The van der Waals surface area contributed by atoms with Crippen LogP contribution >= 0.6 is 11.6 Å². The number of likely N-dealkylation sites (tertiary alicyclic amines) is 1. The number of imide groups is 1. The maximum absolute atomic E-state index is 12.9. The summed E-state index contributed by atoms with van der Waals surface area (Å²) < 4.78 is 0. The molecule has 1 aliphatic heterocycles. The number of rotatable bonds is 3. The van der Waals surface area contributed by atoms with Crippen LogP contribution in [0.5, 0.6) is 0 Å². The Bertz CT molecular complexity index is 842. The minimum absolute atomic E-state index is 0.462. The first-order chi connectivity index (χ1) is 13.4. The maximum Gasteiger partial charge on any atom is 0.247 e. The third-order valence-corrected chi connectivity index (χ3v) is 5.90. The Morgan fingerprint density at radius 1 is 1.07 bits per heavy atom. The molecule has 1 aromatic carbocycles. The van der Waals surface area contributed by atoms with Crippen LogP contribution in [0.4, 0.5) is 5.69 Å². The molecule has 0 aromatic heterocycles. The zero-order chi connectivity index (χ0) is 20.3. The molecule has 2 unspecified atom stereocenters. The summed E-state index contributed by atoms with van der Waals surface area (Å²) in [7, 11) is 0. The predicted molar refractivity (Wildman–Crippen MR) is 101 cm³/mol. The third-order valence-electron chi connectivity index (χ3n) is 5.65. The fourth-order valence-corrected chi connectivity index (χ4v) is 4.39. The van der Waals surface area contributed by atoms with Crippen molar-refractivity contribution in [1.82, 2.24) is 4.90 Å². The van der Waals surface area contributed by atoms with Gasteiger partial charge in [-0.1, -0.05) is 30.9 Å². The summed E-state index contributed by atoms with van der Waals surface area (Å²) in [5.41, 5.74) is -0.484. The minimum Gasteiger partial charge on any atom is -0.325 e. The lowest BCUT2D eigenvalue weighted by Gasteiger charge is -2.47. The Labute approximate surface area is 167 Å². The van der Waals surface area contributed by atoms with Crippen molar-refractivity contribution in [3.63, 3.8) is 0 Å². The van der Waals surface area contributed by atoms with Crippen LogP contribution in [0.2, 0.25) is 5.02 Å². The number of benzene rings is 1. The van der Waals surface area contributed by atoms with Gasteiger partial charge in [-0.2, -0.15) is 10.5 Å². The number of amides is 3. The fourth-order valence-electron chi connectivity index (χ4n) is 4.27. The van der Waals surface area contributed by atoms with Crippen LogP contribution in [0.1, 0.15) is 32.1 Å². The summed E-state index contributed by atoms with van der Waals surface area (Å²) in [5.74, 6) is -4.16. The molecule has 2 atom stereocenters. The summed E-state index contributed by atoms with van der Waals surface area (Å²) in [6, 6.07) is 10.4. The van der Waals surface area contributed by atoms with Gasteiger partial charge in [-0.05, 0) is 37.1 Å². The molecule has 1 aromatic rings. The van der Waals surface area contributed by atoms with E-state index >= 15 is 0 Å². The second-order valence-electron chi connectivity index (χ2n) is 7.24. The molecule has 1 heterocycles. The van der Waals surface area contributed by atoms with Crippen LogP contribution in [0, 0.1) is 39.9 Å².